The van der Waals surface area contributed by atoms with Gasteiger partial charge in [-0.05, 0) is 23.6 Å². The number of hydrogen-bond acceptors (Lipinski definition) is 1. The first-order chi connectivity index (χ1) is 7.23. The number of rotatable bonds is 2. The zero-order valence-corrected chi connectivity index (χ0v) is 8.98. The Kier molecular flexibility index (Phi) is 3.57. The van der Waals surface area contributed by atoms with Crippen molar-refractivity contribution in [2.45, 2.75) is 26.1 Å². The topological polar surface area (TPSA) is 26.0 Å². The van der Waals surface area contributed by atoms with Crippen molar-refractivity contribution in [3.8, 4) is 0 Å². The third kappa shape index (κ3) is 2.72. The maximum Gasteiger partial charge on any atom is 0.419 e. The summed E-state index contributed by atoms with van der Waals surface area (Å²) in [6.07, 6.45) is -4.68. The third-order valence-electron chi connectivity index (χ3n) is 2.40. The van der Waals surface area contributed by atoms with E-state index in [0.717, 1.165) is 12.1 Å². The van der Waals surface area contributed by atoms with Gasteiger partial charge < -0.3 is 5.73 Å². The maximum absolute atomic E-state index is 13.0. The lowest BCUT2D eigenvalue weighted by Crippen LogP contribution is -2.18. The lowest BCUT2D eigenvalue weighted by Gasteiger charge is -2.18. The van der Waals surface area contributed by atoms with Gasteiger partial charge in [0.25, 0.3) is 0 Å². The van der Waals surface area contributed by atoms with Crippen molar-refractivity contribution in [3.05, 3.63) is 35.1 Å². The summed E-state index contributed by atoms with van der Waals surface area (Å²) in [5, 5.41) is 0. The highest BCUT2D eigenvalue weighted by Gasteiger charge is 2.34. The fourth-order valence-electron chi connectivity index (χ4n) is 1.35. The molecule has 0 bridgehead atoms. The smallest absolute Gasteiger partial charge is 0.324 e. The zero-order chi connectivity index (χ0) is 12.5. The molecule has 0 aliphatic carbocycles. The fourth-order valence-corrected chi connectivity index (χ4v) is 1.35. The number of hydrogen-bond donors (Lipinski definition) is 1. The number of benzene rings is 1. The summed E-state index contributed by atoms with van der Waals surface area (Å²) in [5.41, 5.74) is 4.74. The first kappa shape index (κ1) is 13.0. The van der Waals surface area contributed by atoms with Crippen LogP contribution in [0.25, 0.3) is 0 Å². The van der Waals surface area contributed by atoms with Crippen LogP contribution in [0.1, 0.15) is 31.0 Å². The highest BCUT2D eigenvalue weighted by molar-refractivity contribution is 5.29. The summed E-state index contributed by atoms with van der Waals surface area (Å²) < 4.78 is 50.2. The Hall–Kier alpha value is -1.10. The quantitative estimate of drug-likeness (QED) is 0.780. The van der Waals surface area contributed by atoms with Gasteiger partial charge in [0, 0.05) is 6.04 Å². The number of nitrogens with two attached hydrogens (primary N) is 1. The SMILES string of the molecule is CC(C)[C@H](N)c1ccc(F)c(C(F)(F)F)c1. The molecule has 0 aliphatic rings. The fraction of sp³-hybridized carbons (Fsp3) is 0.455. The van der Waals surface area contributed by atoms with Gasteiger partial charge in [-0.1, -0.05) is 19.9 Å². The summed E-state index contributed by atoms with van der Waals surface area (Å²) in [7, 11) is 0. The largest absolute Gasteiger partial charge is 0.419 e. The molecule has 90 valence electrons. The molecule has 0 aromatic heterocycles. The maximum atomic E-state index is 13.0. The standard InChI is InChI=1S/C11H13F4N/c1-6(2)10(16)7-3-4-9(12)8(5-7)11(13,14)15/h3-6,10H,16H2,1-2H3/t10-/m0/s1. The number of halogens is 4. The van der Waals surface area contributed by atoms with Crippen LogP contribution in [0.5, 0.6) is 0 Å². The molecule has 0 unspecified atom stereocenters. The first-order valence-electron chi connectivity index (χ1n) is 4.85. The highest BCUT2D eigenvalue weighted by atomic mass is 19.4. The summed E-state index contributed by atoms with van der Waals surface area (Å²) >= 11 is 0. The molecule has 0 radical (unpaired) electrons. The van der Waals surface area contributed by atoms with E-state index in [0.29, 0.717) is 5.56 Å². The van der Waals surface area contributed by atoms with Gasteiger partial charge >= 0.3 is 6.18 Å². The molecule has 1 aromatic carbocycles. The van der Waals surface area contributed by atoms with E-state index in [1.165, 1.54) is 6.07 Å². The molecule has 0 amide bonds. The van der Waals surface area contributed by atoms with Crippen LogP contribution in [-0.2, 0) is 6.18 Å². The van der Waals surface area contributed by atoms with E-state index in [1.54, 1.807) is 13.8 Å². The minimum Gasteiger partial charge on any atom is -0.324 e. The van der Waals surface area contributed by atoms with E-state index in [1.807, 2.05) is 0 Å². The summed E-state index contributed by atoms with van der Waals surface area (Å²) in [6, 6.07) is 2.34. The molecule has 0 saturated heterocycles. The van der Waals surface area contributed by atoms with Crippen molar-refractivity contribution in [1.29, 1.82) is 0 Å². The van der Waals surface area contributed by atoms with Crippen molar-refractivity contribution in [1.82, 2.24) is 0 Å². The minimum atomic E-state index is -4.68. The molecular formula is C11H13F4N. The van der Waals surface area contributed by atoms with Gasteiger partial charge in [0.05, 0.1) is 5.56 Å². The molecule has 0 heterocycles. The zero-order valence-electron chi connectivity index (χ0n) is 8.98. The monoisotopic (exact) mass is 235 g/mol. The molecule has 0 spiro atoms. The Morgan fingerprint density at radius 2 is 1.75 bits per heavy atom. The van der Waals surface area contributed by atoms with E-state index in [-0.39, 0.29) is 5.92 Å². The van der Waals surface area contributed by atoms with Crippen LogP contribution in [-0.4, -0.2) is 0 Å². The van der Waals surface area contributed by atoms with Crippen molar-refractivity contribution in [2.75, 3.05) is 0 Å². The van der Waals surface area contributed by atoms with Gasteiger partial charge in [0.15, 0.2) is 0 Å². The van der Waals surface area contributed by atoms with Crippen LogP contribution < -0.4 is 5.73 Å². The van der Waals surface area contributed by atoms with Crippen LogP contribution in [0, 0.1) is 11.7 Å². The molecule has 0 aliphatic heterocycles. The molecule has 1 rings (SSSR count). The van der Waals surface area contributed by atoms with Gasteiger partial charge in [-0.15, -0.1) is 0 Å². The van der Waals surface area contributed by atoms with Crippen molar-refractivity contribution < 1.29 is 17.6 Å². The molecule has 1 nitrogen and oxygen atoms in total. The molecule has 0 saturated carbocycles. The number of alkyl halides is 3. The van der Waals surface area contributed by atoms with Crippen LogP contribution in [0.2, 0.25) is 0 Å². The summed E-state index contributed by atoms with van der Waals surface area (Å²) in [6.45, 7) is 3.59. The Morgan fingerprint density at radius 1 is 1.19 bits per heavy atom. The molecule has 16 heavy (non-hydrogen) atoms. The molecule has 1 aromatic rings. The predicted molar refractivity (Wildman–Crippen MR) is 53.2 cm³/mol. The van der Waals surface area contributed by atoms with Crippen molar-refractivity contribution in [3.63, 3.8) is 0 Å². The lowest BCUT2D eigenvalue weighted by atomic mass is 9.95. The Balaban J connectivity index is 3.18. The summed E-state index contributed by atoms with van der Waals surface area (Å²) in [4.78, 5) is 0. The van der Waals surface area contributed by atoms with Gasteiger partial charge in [0.1, 0.15) is 5.82 Å². The van der Waals surface area contributed by atoms with E-state index in [2.05, 4.69) is 0 Å². The Bertz CT molecular complexity index is 371. The van der Waals surface area contributed by atoms with Gasteiger partial charge in [-0.3, -0.25) is 0 Å². The van der Waals surface area contributed by atoms with E-state index in [4.69, 9.17) is 5.73 Å². The normalized spacial score (nSPS) is 14.2. The van der Waals surface area contributed by atoms with Crippen molar-refractivity contribution in [2.24, 2.45) is 11.7 Å². The van der Waals surface area contributed by atoms with Gasteiger partial charge in [0.2, 0.25) is 0 Å². The average molecular weight is 235 g/mol. The Labute approximate surface area is 91.3 Å². The van der Waals surface area contributed by atoms with E-state index >= 15 is 0 Å². The third-order valence-corrected chi connectivity index (χ3v) is 2.40. The van der Waals surface area contributed by atoms with Crippen LogP contribution in [0.15, 0.2) is 18.2 Å². The van der Waals surface area contributed by atoms with Crippen LogP contribution >= 0.6 is 0 Å². The van der Waals surface area contributed by atoms with Crippen LogP contribution in [0.4, 0.5) is 17.6 Å². The lowest BCUT2D eigenvalue weighted by molar-refractivity contribution is -0.140. The van der Waals surface area contributed by atoms with Gasteiger partial charge in [-0.25, -0.2) is 4.39 Å². The minimum absolute atomic E-state index is 0.00783. The average Bonchev–Trinajstić information content (AvgIpc) is 2.15. The second-order valence-corrected chi connectivity index (χ2v) is 4.01. The summed E-state index contributed by atoms with van der Waals surface area (Å²) in [5.74, 6) is -1.28. The Morgan fingerprint density at radius 3 is 2.19 bits per heavy atom. The van der Waals surface area contributed by atoms with Gasteiger partial charge in [-0.2, -0.15) is 13.2 Å². The van der Waals surface area contributed by atoms with Crippen LogP contribution in [0.3, 0.4) is 0 Å². The highest BCUT2D eigenvalue weighted by Crippen LogP contribution is 2.33. The second-order valence-electron chi connectivity index (χ2n) is 4.01. The molecule has 5 heteroatoms. The molecule has 0 fully saturated rings. The van der Waals surface area contributed by atoms with Crippen molar-refractivity contribution >= 4 is 0 Å². The second kappa shape index (κ2) is 4.41. The molecular weight excluding hydrogens is 222 g/mol. The van der Waals surface area contributed by atoms with E-state index < -0.39 is 23.6 Å². The van der Waals surface area contributed by atoms with E-state index in [9.17, 15) is 17.6 Å². The predicted octanol–water partition coefficient (Wildman–Crippen LogP) is 3.50. The first-order valence-corrected chi connectivity index (χ1v) is 4.85. The molecule has 2 N–H and O–H groups in total. The molecule has 1 atom stereocenters.